The summed E-state index contributed by atoms with van der Waals surface area (Å²) in [6.07, 6.45) is 1.95. The van der Waals surface area contributed by atoms with Gasteiger partial charge in [0, 0.05) is 23.8 Å². The third-order valence-corrected chi connectivity index (χ3v) is 2.92. The van der Waals surface area contributed by atoms with Crippen molar-refractivity contribution in [2.45, 2.75) is 32.7 Å². The monoisotopic (exact) mass is 246 g/mol. The fourth-order valence-electron chi connectivity index (χ4n) is 2.16. The highest BCUT2D eigenvalue weighted by molar-refractivity contribution is 5.51. The molecule has 4 nitrogen and oxygen atoms in total. The fraction of sp³-hybridized carbons (Fsp3) is 0.500. The highest BCUT2D eigenvalue weighted by atomic mass is 15.1. The number of nitrogen functional groups attached to an aromatic ring is 1. The molecule has 2 aromatic heterocycles. The van der Waals surface area contributed by atoms with Crippen molar-refractivity contribution in [3.63, 3.8) is 0 Å². The second kappa shape index (κ2) is 4.28. The van der Waals surface area contributed by atoms with E-state index in [1.807, 2.05) is 18.3 Å². The van der Waals surface area contributed by atoms with Crippen molar-refractivity contribution < 1.29 is 0 Å². The van der Waals surface area contributed by atoms with Gasteiger partial charge in [-0.05, 0) is 26.2 Å². The molecule has 2 heterocycles. The molecule has 2 N–H and O–H groups in total. The van der Waals surface area contributed by atoms with Crippen LogP contribution in [0.1, 0.15) is 32.2 Å². The Morgan fingerprint density at radius 1 is 1.28 bits per heavy atom. The molecule has 0 fully saturated rings. The molecule has 0 unspecified atom stereocenters. The summed E-state index contributed by atoms with van der Waals surface area (Å²) in [6, 6.07) is 3.87. The molecule has 0 radical (unpaired) electrons. The van der Waals surface area contributed by atoms with Gasteiger partial charge in [0.05, 0.1) is 11.4 Å². The lowest BCUT2D eigenvalue weighted by Crippen LogP contribution is -2.19. The van der Waals surface area contributed by atoms with E-state index in [0.717, 1.165) is 23.6 Å². The Morgan fingerprint density at radius 3 is 2.50 bits per heavy atom. The van der Waals surface area contributed by atoms with Gasteiger partial charge >= 0.3 is 0 Å². The van der Waals surface area contributed by atoms with Crippen molar-refractivity contribution >= 4 is 11.3 Å². The molecule has 2 rings (SSSR count). The molecule has 98 valence electrons. The number of hydrogen-bond acceptors (Lipinski definition) is 3. The van der Waals surface area contributed by atoms with Crippen molar-refractivity contribution in [1.29, 1.82) is 0 Å². The quantitative estimate of drug-likeness (QED) is 0.884. The van der Waals surface area contributed by atoms with Crippen molar-refractivity contribution in [3.8, 4) is 0 Å². The third-order valence-electron chi connectivity index (χ3n) is 2.92. The van der Waals surface area contributed by atoms with Gasteiger partial charge in [0.15, 0.2) is 0 Å². The van der Waals surface area contributed by atoms with Gasteiger partial charge in [-0.15, -0.1) is 0 Å². The van der Waals surface area contributed by atoms with Crippen molar-refractivity contribution in [2.24, 2.45) is 0 Å². The summed E-state index contributed by atoms with van der Waals surface area (Å²) >= 11 is 0. The number of pyridine rings is 1. The minimum atomic E-state index is 0.0339. The van der Waals surface area contributed by atoms with Crippen molar-refractivity contribution in [3.05, 3.63) is 29.7 Å². The largest absolute Gasteiger partial charge is 0.398 e. The molecule has 0 aliphatic carbocycles. The van der Waals surface area contributed by atoms with Gasteiger partial charge in [0.25, 0.3) is 0 Å². The van der Waals surface area contributed by atoms with Gasteiger partial charge in [-0.2, -0.15) is 0 Å². The van der Waals surface area contributed by atoms with Crippen LogP contribution in [0.4, 0.5) is 5.69 Å². The van der Waals surface area contributed by atoms with E-state index < -0.39 is 0 Å². The van der Waals surface area contributed by atoms with E-state index >= 15 is 0 Å². The molecular weight excluding hydrogens is 224 g/mol. The van der Waals surface area contributed by atoms with E-state index in [1.165, 1.54) is 5.69 Å². The van der Waals surface area contributed by atoms with Crippen LogP contribution in [0.25, 0.3) is 5.65 Å². The van der Waals surface area contributed by atoms with Gasteiger partial charge in [0.1, 0.15) is 5.65 Å². The first-order valence-electron chi connectivity index (χ1n) is 6.20. The molecule has 0 aliphatic heterocycles. The number of imidazole rings is 1. The van der Waals surface area contributed by atoms with Crippen LogP contribution in [0, 0.1) is 0 Å². The maximum atomic E-state index is 5.88. The van der Waals surface area contributed by atoms with Crippen molar-refractivity contribution in [1.82, 2.24) is 14.3 Å². The predicted octanol–water partition coefficient (Wildman–Crippen LogP) is 2.28. The van der Waals surface area contributed by atoms with Crippen molar-refractivity contribution in [2.75, 3.05) is 19.8 Å². The Balaban J connectivity index is 2.69. The summed E-state index contributed by atoms with van der Waals surface area (Å²) in [5.74, 6) is 0. The zero-order valence-corrected chi connectivity index (χ0v) is 11.9. The number of anilines is 1. The molecule has 4 heteroatoms. The summed E-state index contributed by atoms with van der Waals surface area (Å²) in [7, 11) is 4.14. The first-order chi connectivity index (χ1) is 8.29. The van der Waals surface area contributed by atoms with Gasteiger partial charge in [-0.1, -0.05) is 20.8 Å². The van der Waals surface area contributed by atoms with E-state index in [0.29, 0.717) is 0 Å². The van der Waals surface area contributed by atoms with Gasteiger partial charge in [-0.3, -0.25) is 0 Å². The topological polar surface area (TPSA) is 46.6 Å². The summed E-state index contributed by atoms with van der Waals surface area (Å²) in [5, 5.41) is 0. The summed E-state index contributed by atoms with van der Waals surface area (Å²) in [4.78, 5) is 6.91. The van der Waals surface area contributed by atoms with Crippen LogP contribution in [0.2, 0.25) is 0 Å². The third kappa shape index (κ3) is 2.34. The maximum absolute atomic E-state index is 5.88. The summed E-state index contributed by atoms with van der Waals surface area (Å²) in [6.45, 7) is 7.43. The van der Waals surface area contributed by atoms with Gasteiger partial charge in [0.2, 0.25) is 0 Å². The fourth-order valence-corrected chi connectivity index (χ4v) is 2.16. The molecule has 0 saturated carbocycles. The molecule has 0 saturated heterocycles. The number of nitrogens with two attached hydrogens (primary N) is 1. The standard InChI is InChI=1S/C14H22N4/c1-14(2,3)13-11(9-17(4)5)18-8-10(15)6-7-12(18)16-13/h6-8H,9,15H2,1-5H3. The molecule has 0 amide bonds. The molecule has 0 aromatic carbocycles. The normalized spacial score (nSPS) is 12.6. The van der Waals surface area contributed by atoms with E-state index in [2.05, 4.69) is 44.2 Å². The smallest absolute Gasteiger partial charge is 0.137 e. The number of rotatable bonds is 2. The van der Waals surface area contributed by atoms with Crippen LogP contribution in [-0.4, -0.2) is 28.4 Å². The lowest BCUT2D eigenvalue weighted by molar-refractivity contribution is 0.389. The molecule has 0 atom stereocenters. The minimum absolute atomic E-state index is 0.0339. The Bertz CT molecular complexity index is 561. The van der Waals surface area contributed by atoms with Crippen LogP contribution in [0.3, 0.4) is 0 Å². The predicted molar refractivity (Wildman–Crippen MR) is 75.7 cm³/mol. The Hall–Kier alpha value is -1.55. The molecule has 0 bridgehead atoms. The van der Waals surface area contributed by atoms with Crippen LogP contribution in [0.5, 0.6) is 0 Å². The summed E-state index contributed by atoms with van der Waals surface area (Å²) < 4.78 is 2.11. The first-order valence-corrected chi connectivity index (χ1v) is 6.20. The Kier molecular flexibility index (Phi) is 3.07. The average Bonchev–Trinajstić information content (AvgIpc) is 2.56. The molecule has 0 aliphatic rings. The number of hydrogen-bond donors (Lipinski definition) is 1. The van der Waals surface area contributed by atoms with Crippen LogP contribution in [0.15, 0.2) is 18.3 Å². The van der Waals surface area contributed by atoms with E-state index in [4.69, 9.17) is 10.7 Å². The summed E-state index contributed by atoms with van der Waals surface area (Å²) in [5.41, 5.74) is 10.00. The van der Waals surface area contributed by atoms with E-state index in [-0.39, 0.29) is 5.41 Å². The van der Waals surface area contributed by atoms with Crippen LogP contribution in [-0.2, 0) is 12.0 Å². The number of fused-ring (bicyclic) bond motifs is 1. The molecule has 0 spiro atoms. The highest BCUT2D eigenvalue weighted by Gasteiger charge is 2.23. The average molecular weight is 246 g/mol. The molecule has 18 heavy (non-hydrogen) atoms. The van der Waals surface area contributed by atoms with E-state index in [1.54, 1.807) is 0 Å². The van der Waals surface area contributed by atoms with Crippen LogP contribution < -0.4 is 5.73 Å². The molecule has 2 aromatic rings. The van der Waals surface area contributed by atoms with Crippen LogP contribution >= 0.6 is 0 Å². The highest BCUT2D eigenvalue weighted by Crippen LogP contribution is 2.27. The SMILES string of the molecule is CN(C)Cc1c(C(C)(C)C)nc2ccc(N)cn12. The second-order valence-corrected chi connectivity index (χ2v) is 6.09. The zero-order chi connectivity index (χ0) is 13.5. The number of aromatic nitrogens is 2. The van der Waals surface area contributed by atoms with Gasteiger partial charge in [-0.25, -0.2) is 4.98 Å². The Labute approximate surface area is 108 Å². The maximum Gasteiger partial charge on any atom is 0.137 e. The van der Waals surface area contributed by atoms with E-state index in [9.17, 15) is 0 Å². The minimum Gasteiger partial charge on any atom is -0.398 e. The lowest BCUT2D eigenvalue weighted by atomic mass is 9.90. The zero-order valence-electron chi connectivity index (χ0n) is 11.9. The molecular formula is C14H22N4. The number of nitrogens with zero attached hydrogens (tertiary/aromatic N) is 3. The Morgan fingerprint density at radius 2 is 1.94 bits per heavy atom. The lowest BCUT2D eigenvalue weighted by Gasteiger charge is -2.19. The first kappa shape index (κ1) is 12.9. The second-order valence-electron chi connectivity index (χ2n) is 6.09. The van der Waals surface area contributed by atoms with Gasteiger partial charge < -0.3 is 15.0 Å².